The van der Waals surface area contributed by atoms with Crippen LogP contribution in [0.3, 0.4) is 0 Å². The summed E-state index contributed by atoms with van der Waals surface area (Å²) in [5.74, 6) is 0.611. The van der Waals surface area contributed by atoms with Crippen LogP contribution in [0.5, 0.6) is 11.5 Å². The molecule has 0 amide bonds. The van der Waals surface area contributed by atoms with Gasteiger partial charge in [0.25, 0.3) is 5.69 Å². The molecule has 0 unspecified atom stereocenters. The van der Waals surface area contributed by atoms with E-state index in [0.717, 1.165) is 11.6 Å². The van der Waals surface area contributed by atoms with E-state index < -0.39 is 10.7 Å². The van der Waals surface area contributed by atoms with E-state index in [-0.39, 0.29) is 18.2 Å². The van der Waals surface area contributed by atoms with Crippen LogP contribution in [0.4, 0.5) is 15.8 Å². The first-order valence-corrected chi connectivity index (χ1v) is 6.20. The van der Waals surface area contributed by atoms with E-state index in [1.165, 1.54) is 12.1 Å². The fourth-order valence-corrected chi connectivity index (χ4v) is 2.08. The van der Waals surface area contributed by atoms with Crippen molar-refractivity contribution in [3.8, 4) is 11.5 Å². The summed E-state index contributed by atoms with van der Waals surface area (Å²) in [5, 5.41) is 13.5. The maximum absolute atomic E-state index is 13.8. The molecule has 2 aromatic rings. The molecular weight excluding hydrogens is 279 g/mol. The molecule has 1 heterocycles. The number of fused-ring (bicyclic) bond motifs is 1. The largest absolute Gasteiger partial charge is 0.454 e. The molecule has 0 spiro atoms. The minimum Gasteiger partial charge on any atom is -0.454 e. The van der Waals surface area contributed by atoms with Crippen LogP contribution in [0.1, 0.15) is 5.56 Å². The normalized spacial score (nSPS) is 12.2. The van der Waals surface area contributed by atoms with Crippen LogP contribution in [-0.4, -0.2) is 11.7 Å². The molecule has 0 saturated carbocycles. The number of para-hydroxylation sites is 1. The van der Waals surface area contributed by atoms with E-state index in [4.69, 9.17) is 9.47 Å². The lowest BCUT2D eigenvalue weighted by atomic mass is 10.1. The van der Waals surface area contributed by atoms with E-state index in [9.17, 15) is 14.5 Å². The second-order valence-electron chi connectivity index (χ2n) is 4.43. The maximum atomic E-state index is 13.8. The Balaban J connectivity index is 1.77. The van der Waals surface area contributed by atoms with Crippen molar-refractivity contribution in [1.82, 2.24) is 0 Å². The number of rotatable bonds is 4. The predicted molar refractivity (Wildman–Crippen MR) is 72.9 cm³/mol. The Morgan fingerprint density at radius 3 is 2.90 bits per heavy atom. The first-order chi connectivity index (χ1) is 10.1. The van der Waals surface area contributed by atoms with Crippen LogP contribution in [-0.2, 0) is 6.54 Å². The fourth-order valence-electron chi connectivity index (χ4n) is 2.08. The molecule has 0 aromatic heterocycles. The lowest BCUT2D eigenvalue weighted by Crippen LogP contribution is -2.03. The number of ether oxygens (including phenoxy) is 2. The zero-order chi connectivity index (χ0) is 14.8. The smallest absolute Gasteiger partial charge is 0.272 e. The Kier molecular flexibility index (Phi) is 3.31. The Labute approximate surface area is 119 Å². The second-order valence-corrected chi connectivity index (χ2v) is 4.43. The highest BCUT2D eigenvalue weighted by Gasteiger charge is 2.17. The molecule has 3 rings (SSSR count). The van der Waals surface area contributed by atoms with Crippen LogP contribution in [0.25, 0.3) is 0 Å². The summed E-state index contributed by atoms with van der Waals surface area (Å²) < 4.78 is 24.4. The number of hydrogen-bond acceptors (Lipinski definition) is 5. The van der Waals surface area contributed by atoms with E-state index in [1.54, 1.807) is 6.07 Å². The van der Waals surface area contributed by atoms with Gasteiger partial charge in [-0.2, -0.15) is 0 Å². The van der Waals surface area contributed by atoms with Gasteiger partial charge >= 0.3 is 0 Å². The number of halogens is 1. The quantitative estimate of drug-likeness (QED) is 0.692. The van der Waals surface area contributed by atoms with Gasteiger partial charge in [-0.1, -0.05) is 12.1 Å². The van der Waals surface area contributed by atoms with Gasteiger partial charge in [0.1, 0.15) is 0 Å². The van der Waals surface area contributed by atoms with Gasteiger partial charge in [-0.25, -0.2) is 4.39 Å². The van der Waals surface area contributed by atoms with Crippen molar-refractivity contribution >= 4 is 11.4 Å². The molecule has 0 fully saturated rings. The molecule has 0 atom stereocenters. The van der Waals surface area contributed by atoms with Gasteiger partial charge in [-0.05, 0) is 12.1 Å². The summed E-state index contributed by atoms with van der Waals surface area (Å²) in [6.07, 6.45) is 0. The molecule has 1 N–H and O–H groups in total. The first kappa shape index (κ1) is 13.2. The third-order valence-corrected chi connectivity index (χ3v) is 3.11. The molecule has 7 heteroatoms. The van der Waals surface area contributed by atoms with Crippen molar-refractivity contribution in [3.63, 3.8) is 0 Å². The molecule has 0 bridgehead atoms. The zero-order valence-corrected chi connectivity index (χ0v) is 10.8. The monoisotopic (exact) mass is 290 g/mol. The Hall–Kier alpha value is -2.83. The highest BCUT2D eigenvalue weighted by atomic mass is 19.1. The summed E-state index contributed by atoms with van der Waals surface area (Å²) in [6, 6.07) is 8.92. The third kappa shape index (κ3) is 2.58. The number of nitro benzene ring substituents is 1. The van der Waals surface area contributed by atoms with Gasteiger partial charge in [0.05, 0.1) is 16.7 Å². The molecule has 0 radical (unpaired) electrons. The Morgan fingerprint density at radius 1 is 1.29 bits per heavy atom. The number of benzene rings is 2. The van der Waals surface area contributed by atoms with Gasteiger partial charge in [0.2, 0.25) is 6.79 Å². The minimum absolute atomic E-state index is 0.165. The predicted octanol–water partition coefficient (Wildman–Crippen LogP) is 3.07. The highest BCUT2D eigenvalue weighted by Crippen LogP contribution is 2.35. The Morgan fingerprint density at radius 2 is 2.14 bits per heavy atom. The molecular formula is C14H11FN2O4. The maximum Gasteiger partial charge on any atom is 0.272 e. The molecule has 6 nitrogen and oxygen atoms in total. The van der Waals surface area contributed by atoms with Crippen molar-refractivity contribution in [2.24, 2.45) is 0 Å². The van der Waals surface area contributed by atoms with Crippen molar-refractivity contribution < 1.29 is 18.8 Å². The van der Waals surface area contributed by atoms with Crippen LogP contribution >= 0.6 is 0 Å². The molecule has 0 aliphatic carbocycles. The molecule has 2 aromatic carbocycles. The van der Waals surface area contributed by atoms with E-state index in [0.29, 0.717) is 18.0 Å². The summed E-state index contributed by atoms with van der Waals surface area (Å²) in [5.41, 5.74) is 0.732. The topological polar surface area (TPSA) is 73.6 Å². The zero-order valence-electron chi connectivity index (χ0n) is 10.8. The van der Waals surface area contributed by atoms with Gasteiger partial charge in [0.15, 0.2) is 17.3 Å². The van der Waals surface area contributed by atoms with Gasteiger partial charge in [-0.3, -0.25) is 10.1 Å². The van der Waals surface area contributed by atoms with Gasteiger partial charge in [0, 0.05) is 18.2 Å². The van der Waals surface area contributed by atoms with E-state index >= 15 is 0 Å². The third-order valence-electron chi connectivity index (χ3n) is 3.11. The van der Waals surface area contributed by atoms with Crippen LogP contribution < -0.4 is 14.8 Å². The fraction of sp³-hybridized carbons (Fsp3) is 0.143. The highest BCUT2D eigenvalue weighted by molar-refractivity contribution is 5.53. The van der Waals surface area contributed by atoms with Crippen molar-refractivity contribution in [1.29, 1.82) is 0 Å². The molecule has 21 heavy (non-hydrogen) atoms. The first-order valence-electron chi connectivity index (χ1n) is 6.20. The molecule has 1 aliphatic heterocycles. The minimum atomic E-state index is -0.672. The number of hydrogen-bond donors (Lipinski definition) is 1. The average Bonchev–Trinajstić information content (AvgIpc) is 2.94. The summed E-state index contributed by atoms with van der Waals surface area (Å²) in [4.78, 5) is 9.92. The standard InChI is InChI=1S/C14H11FN2O4/c15-11-6-10(17(18)19)4-5-12(11)16-7-9-2-1-3-13-14(9)21-8-20-13/h1-6,16H,7-8H2. The van der Waals surface area contributed by atoms with E-state index in [2.05, 4.69) is 5.32 Å². The molecule has 1 aliphatic rings. The van der Waals surface area contributed by atoms with Crippen LogP contribution in [0.15, 0.2) is 36.4 Å². The summed E-state index contributed by atoms with van der Waals surface area (Å²) >= 11 is 0. The van der Waals surface area contributed by atoms with Gasteiger partial charge < -0.3 is 14.8 Å². The number of nitrogens with zero attached hydrogens (tertiary/aromatic N) is 1. The molecule has 108 valence electrons. The number of nitrogens with one attached hydrogen (secondary N) is 1. The Bertz CT molecular complexity index is 705. The lowest BCUT2D eigenvalue weighted by molar-refractivity contribution is -0.385. The summed E-state index contributed by atoms with van der Waals surface area (Å²) in [7, 11) is 0. The lowest BCUT2D eigenvalue weighted by Gasteiger charge is -2.09. The van der Waals surface area contributed by atoms with E-state index in [1.807, 2.05) is 12.1 Å². The number of anilines is 1. The van der Waals surface area contributed by atoms with Crippen LogP contribution in [0, 0.1) is 15.9 Å². The number of non-ortho nitro benzene ring substituents is 1. The van der Waals surface area contributed by atoms with Crippen molar-refractivity contribution in [2.45, 2.75) is 6.54 Å². The second kappa shape index (κ2) is 5.28. The van der Waals surface area contributed by atoms with Crippen molar-refractivity contribution in [2.75, 3.05) is 12.1 Å². The summed E-state index contributed by atoms with van der Waals surface area (Å²) in [6.45, 7) is 0.486. The SMILES string of the molecule is O=[N+]([O-])c1ccc(NCc2cccc3c2OCO3)c(F)c1. The average molecular weight is 290 g/mol. The molecule has 0 saturated heterocycles. The number of nitro groups is 1. The van der Waals surface area contributed by atoms with Gasteiger partial charge in [-0.15, -0.1) is 0 Å². The van der Waals surface area contributed by atoms with Crippen molar-refractivity contribution in [3.05, 3.63) is 57.9 Å². The van der Waals surface area contributed by atoms with Crippen LogP contribution in [0.2, 0.25) is 0 Å².